The minimum absolute atomic E-state index is 0.0825. The van der Waals surface area contributed by atoms with Gasteiger partial charge in [0, 0.05) is 12.6 Å². The van der Waals surface area contributed by atoms with Crippen LogP contribution in [-0.4, -0.2) is 35.2 Å². The van der Waals surface area contributed by atoms with Crippen LogP contribution in [0.15, 0.2) is 0 Å². The van der Waals surface area contributed by atoms with Crippen LogP contribution in [0.3, 0.4) is 0 Å². The van der Waals surface area contributed by atoms with Crippen LogP contribution < -0.4 is 0 Å². The third-order valence-electron chi connectivity index (χ3n) is 4.58. The largest absolute Gasteiger partial charge is 0.392 e. The molecule has 2 fully saturated rings. The maximum atomic E-state index is 10.3. The van der Waals surface area contributed by atoms with Crippen molar-refractivity contribution in [2.75, 3.05) is 13.1 Å². The average Bonchev–Trinajstić information content (AvgIpc) is 3.03. The third-order valence-corrected chi connectivity index (χ3v) is 4.58. The number of aliphatic hydroxyl groups is 1. The molecule has 2 rings (SSSR count). The number of nitrogens with zero attached hydrogens (tertiary/aromatic N) is 1. The zero-order valence-corrected chi connectivity index (χ0v) is 12.3. The lowest BCUT2D eigenvalue weighted by atomic mass is 9.99. The van der Waals surface area contributed by atoms with E-state index >= 15 is 0 Å². The van der Waals surface area contributed by atoms with Crippen molar-refractivity contribution in [3.8, 4) is 0 Å². The molecule has 2 aliphatic rings. The van der Waals surface area contributed by atoms with Crippen molar-refractivity contribution in [3.05, 3.63) is 0 Å². The Bertz CT molecular complexity index is 231. The quantitative estimate of drug-likeness (QED) is 0.716. The topological polar surface area (TPSA) is 23.5 Å². The molecule has 2 heteroatoms. The first-order chi connectivity index (χ1) is 8.65. The van der Waals surface area contributed by atoms with Crippen LogP contribution in [0.1, 0.15) is 65.2 Å². The molecule has 0 bridgehead atoms. The summed E-state index contributed by atoms with van der Waals surface area (Å²) in [6.07, 6.45) is 10.4. The molecule has 0 spiro atoms. The number of aliphatic hydroxyl groups excluding tert-OH is 1. The van der Waals surface area contributed by atoms with Crippen molar-refractivity contribution in [3.63, 3.8) is 0 Å². The van der Waals surface area contributed by atoms with Gasteiger partial charge in [-0.2, -0.15) is 0 Å². The minimum Gasteiger partial charge on any atom is -0.392 e. The summed E-state index contributed by atoms with van der Waals surface area (Å²) >= 11 is 0. The van der Waals surface area contributed by atoms with Gasteiger partial charge in [0.25, 0.3) is 0 Å². The Kier molecular flexibility index (Phi) is 5.50. The van der Waals surface area contributed by atoms with Crippen LogP contribution in [0.25, 0.3) is 0 Å². The van der Waals surface area contributed by atoms with E-state index in [1.54, 1.807) is 0 Å². The Balaban J connectivity index is 1.69. The summed E-state index contributed by atoms with van der Waals surface area (Å²) in [5.41, 5.74) is 0. The van der Waals surface area contributed by atoms with Gasteiger partial charge in [0.1, 0.15) is 0 Å². The van der Waals surface area contributed by atoms with Crippen molar-refractivity contribution >= 4 is 0 Å². The fourth-order valence-corrected chi connectivity index (χ4v) is 3.26. The molecule has 0 aromatic heterocycles. The monoisotopic (exact) mass is 253 g/mol. The van der Waals surface area contributed by atoms with Crippen molar-refractivity contribution in [2.45, 2.75) is 77.4 Å². The summed E-state index contributed by atoms with van der Waals surface area (Å²) < 4.78 is 0. The van der Waals surface area contributed by atoms with Gasteiger partial charge in [-0.25, -0.2) is 0 Å². The molecule has 2 aliphatic carbocycles. The summed E-state index contributed by atoms with van der Waals surface area (Å²) in [5, 5.41) is 10.3. The summed E-state index contributed by atoms with van der Waals surface area (Å²) in [5.74, 6) is 1.59. The van der Waals surface area contributed by atoms with Crippen molar-refractivity contribution in [1.29, 1.82) is 0 Å². The molecule has 2 nitrogen and oxygen atoms in total. The molecule has 0 aromatic carbocycles. The zero-order chi connectivity index (χ0) is 13.0. The lowest BCUT2D eigenvalue weighted by Crippen LogP contribution is -2.36. The van der Waals surface area contributed by atoms with Crippen LogP contribution in [0.4, 0.5) is 0 Å². The Hall–Kier alpha value is -0.0800. The highest BCUT2D eigenvalue weighted by Crippen LogP contribution is 2.31. The molecule has 1 atom stereocenters. The van der Waals surface area contributed by atoms with Crippen LogP contribution in [0.5, 0.6) is 0 Å². The highest BCUT2D eigenvalue weighted by Gasteiger charge is 2.30. The average molecular weight is 253 g/mol. The van der Waals surface area contributed by atoms with E-state index < -0.39 is 0 Å². The predicted octanol–water partition coefficient (Wildman–Crippen LogP) is 3.44. The third kappa shape index (κ3) is 4.89. The first kappa shape index (κ1) is 14.3. The molecule has 18 heavy (non-hydrogen) atoms. The molecule has 1 N–H and O–H groups in total. The molecule has 0 saturated heterocycles. The van der Waals surface area contributed by atoms with E-state index in [9.17, 15) is 5.11 Å². The molecule has 0 amide bonds. The van der Waals surface area contributed by atoms with Gasteiger partial charge in [0.05, 0.1) is 6.10 Å². The molecule has 0 heterocycles. The van der Waals surface area contributed by atoms with Crippen molar-refractivity contribution < 1.29 is 5.11 Å². The Morgan fingerprint density at radius 1 is 1.11 bits per heavy atom. The Morgan fingerprint density at radius 2 is 1.78 bits per heavy atom. The number of hydrogen-bond acceptors (Lipinski definition) is 2. The molecule has 2 saturated carbocycles. The minimum atomic E-state index is -0.0825. The Labute approximate surface area is 113 Å². The van der Waals surface area contributed by atoms with Gasteiger partial charge in [-0.1, -0.05) is 39.5 Å². The molecular formula is C16H31NO. The second kappa shape index (κ2) is 6.91. The summed E-state index contributed by atoms with van der Waals surface area (Å²) in [4.78, 5) is 2.56. The van der Waals surface area contributed by atoms with Gasteiger partial charge in [0.15, 0.2) is 0 Å². The van der Waals surface area contributed by atoms with E-state index in [-0.39, 0.29) is 6.10 Å². The van der Waals surface area contributed by atoms with Gasteiger partial charge < -0.3 is 5.11 Å². The maximum absolute atomic E-state index is 10.3. The van der Waals surface area contributed by atoms with Crippen LogP contribution in [0.2, 0.25) is 0 Å². The normalized spacial score (nSPS) is 23.2. The van der Waals surface area contributed by atoms with E-state index in [1.807, 2.05) is 0 Å². The molecule has 106 valence electrons. The van der Waals surface area contributed by atoms with Crippen LogP contribution >= 0.6 is 0 Å². The lowest BCUT2D eigenvalue weighted by Gasteiger charge is -2.26. The molecular weight excluding hydrogens is 222 g/mol. The zero-order valence-electron chi connectivity index (χ0n) is 12.3. The lowest BCUT2D eigenvalue weighted by molar-refractivity contribution is 0.0852. The van der Waals surface area contributed by atoms with Gasteiger partial charge >= 0.3 is 0 Å². The highest BCUT2D eigenvalue weighted by atomic mass is 16.3. The van der Waals surface area contributed by atoms with Gasteiger partial charge in [0.2, 0.25) is 0 Å². The standard InChI is InChI=1S/C16H31NO/c1-13(2)9-10-17(15-7-8-15)12-16(18)11-14-5-3-4-6-14/h13-16,18H,3-12H2,1-2H3. The van der Waals surface area contributed by atoms with Crippen molar-refractivity contribution in [2.24, 2.45) is 11.8 Å². The maximum Gasteiger partial charge on any atom is 0.0669 e. The van der Waals surface area contributed by atoms with Crippen molar-refractivity contribution in [1.82, 2.24) is 4.90 Å². The fraction of sp³-hybridized carbons (Fsp3) is 1.00. The van der Waals surface area contributed by atoms with E-state index in [0.717, 1.165) is 30.8 Å². The highest BCUT2D eigenvalue weighted by molar-refractivity contribution is 4.86. The van der Waals surface area contributed by atoms with E-state index in [0.29, 0.717) is 0 Å². The van der Waals surface area contributed by atoms with E-state index in [1.165, 1.54) is 51.5 Å². The molecule has 0 radical (unpaired) electrons. The summed E-state index contributed by atoms with van der Waals surface area (Å²) in [6.45, 7) is 6.69. The second-order valence-electron chi connectivity index (χ2n) is 6.95. The first-order valence-electron chi connectivity index (χ1n) is 8.07. The Morgan fingerprint density at radius 3 is 2.33 bits per heavy atom. The second-order valence-corrected chi connectivity index (χ2v) is 6.95. The van der Waals surface area contributed by atoms with Crippen LogP contribution in [0, 0.1) is 11.8 Å². The summed E-state index contributed by atoms with van der Waals surface area (Å²) in [7, 11) is 0. The van der Waals surface area contributed by atoms with E-state index in [2.05, 4.69) is 18.7 Å². The fourth-order valence-electron chi connectivity index (χ4n) is 3.26. The molecule has 0 aromatic rings. The number of rotatable bonds is 8. The van der Waals surface area contributed by atoms with Crippen LogP contribution in [-0.2, 0) is 0 Å². The van der Waals surface area contributed by atoms with E-state index in [4.69, 9.17) is 0 Å². The van der Waals surface area contributed by atoms with Gasteiger partial charge in [-0.15, -0.1) is 0 Å². The smallest absolute Gasteiger partial charge is 0.0669 e. The predicted molar refractivity (Wildman–Crippen MR) is 76.6 cm³/mol. The number of hydrogen-bond donors (Lipinski definition) is 1. The summed E-state index contributed by atoms with van der Waals surface area (Å²) in [6, 6.07) is 0.793. The molecule has 1 unspecified atom stereocenters. The SMILES string of the molecule is CC(C)CCN(CC(O)CC1CCCC1)C1CC1. The first-order valence-corrected chi connectivity index (χ1v) is 8.07. The van der Waals surface area contributed by atoms with Gasteiger partial charge in [-0.3, -0.25) is 4.90 Å². The van der Waals surface area contributed by atoms with Gasteiger partial charge in [-0.05, 0) is 44.1 Å². The molecule has 0 aliphatic heterocycles.